The molecule has 1 atom stereocenters. The van der Waals surface area contributed by atoms with Gasteiger partial charge in [0.1, 0.15) is 5.75 Å². The van der Waals surface area contributed by atoms with Crippen molar-refractivity contribution in [2.24, 2.45) is 5.92 Å². The van der Waals surface area contributed by atoms with Crippen LogP contribution in [0, 0.1) is 5.92 Å². The van der Waals surface area contributed by atoms with Crippen LogP contribution < -0.4 is 4.74 Å². The number of alkyl halides is 3. The maximum atomic E-state index is 12.7. The molecule has 2 nitrogen and oxygen atoms in total. The summed E-state index contributed by atoms with van der Waals surface area (Å²) < 4.78 is 43.6. The second kappa shape index (κ2) is 9.30. The van der Waals surface area contributed by atoms with Crippen LogP contribution in [-0.4, -0.2) is 31.1 Å². The first-order valence-corrected chi connectivity index (χ1v) is 9.01. The standard InChI is InChI=1S/C19H28F3NO/c1-2-16(9-13-23-11-4-3-5-12-23)10-14-24-18-8-6-7-17(15-18)19(20,21)22/h6-8,15-16H,2-5,9-14H2,1H3. The minimum Gasteiger partial charge on any atom is -0.494 e. The zero-order chi connectivity index (χ0) is 17.4. The van der Waals surface area contributed by atoms with E-state index in [-0.39, 0.29) is 0 Å². The first-order chi connectivity index (χ1) is 11.5. The van der Waals surface area contributed by atoms with Gasteiger partial charge >= 0.3 is 6.18 Å². The van der Waals surface area contributed by atoms with E-state index in [1.807, 2.05) is 0 Å². The zero-order valence-electron chi connectivity index (χ0n) is 14.4. The predicted molar refractivity (Wildman–Crippen MR) is 90.2 cm³/mol. The highest BCUT2D eigenvalue weighted by molar-refractivity contribution is 5.30. The van der Waals surface area contributed by atoms with Crippen molar-refractivity contribution < 1.29 is 17.9 Å². The summed E-state index contributed by atoms with van der Waals surface area (Å²) in [4.78, 5) is 2.53. The summed E-state index contributed by atoms with van der Waals surface area (Å²) in [6.45, 7) is 6.18. The quantitative estimate of drug-likeness (QED) is 0.628. The van der Waals surface area contributed by atoms with Crippen molar-refractivity contribution in [1.82, 2.24) is 4.90 Å². The van der Waals surface area contributed by atoms with Crippen LogP contribution in [-0.2, 0) is 6.18 Å². The van der Waals surface area contributed by atoms with E-state index in [1.54, 1.807) is 6.07 Å². The lowest BCUT2D eigenvalue weighted by Crippen LogP contribution is -2.31. The molecule has 0 saturated carbocycles. The molecule has 0 spiro atoms. The molecule has 1 saturated heterocycles. The van der Waals surface area contributed by atoms with Crippen LogP contribution in [0.15, 0.2) is 24.3 Å². The largest absolute Gasteiger partial charge is 0.494 e. The van der Waals surface area contributed by atoms with E-state index in [4.69, 9.17) is 4.74 Å². The van der Waals surface area contributed by atoms with Gasteiger partial charge in [-0.3, -0.25) is 0 Å². The molecule has 5 heteroatoms. The maximum Gasteiger partial charge on any atom is 0.416 e. The minimum absolute atomic E-state index is 0.302. The Morgan fingerprint density at radius 2 is 1.88 bits per heavy atom. The Morgan fingerprint density at radius 3 is 2.54 bits per heavy atom. The van der Waals surface area contributed by atoms with Crippen LogP contribution in [0.25, 0.3) is 0 Å². The predicted octanol–water partition coefficient (Wildman–Crippen LogP) is 5.38. The number of nitrogens with zero attached hydrogens (tertiary/aromatic N) is 1. The number of likely N-dealkylation sites (tertiary alicyclic amines) is 1. The SMILES string of the molecule is CCC(CCOc1cccc(C(F)(F)F)c1)CCN1CCCCC1. The summed E-state index contributed by atoms with van der Waals surface area (Å²) in [6, 6.07) is 5.13. The van der Waals surface area contributed by atoms with Gasteiger partial charge in [-0.25, -0.2) is 0 Å². The number of rotatable bonds is 8. The molecule has 0 radical (unpaired) electrons. The summed E-state index contributed by atoms with van der Waals surface area (Å²) in [5.41, 5.74) is -0.655. The smallest absolute Gasteiger partial charge is 0.416 e. The molecule has 1 aliphatic rings. The molecule has 1 aromatic carbocycles. The minimum atomic E-state index is -4.32. The molecule has 1 aromatic rings. The maximum absolute atomic E-state index is 12.7. The highest BCUT2D eigenvalue weighted by atomic mass is 19.4. The van der Waals surface area contributed by atoms with Crippen molar-refractivity contribution in [3.05, 3.63) is 29.8 Å². The number of hydrogen-bond donors (Lipinski definition) is 0. The van der Waals surface area contributed by atoms with Crippen molar-refractivity contribution in [2.75, 3.05) is 26.2 Å². The number of benzene rings is 1. The molecule has 0 aromatic heterocycles. The third-order valence-electron chi connectivity index (χ3n) is 4.84. The Labute approximate surface area is 143 Å². The Kier molecular flexibility index (Phi) is 7.40. The van der Waals surface area contributed by atoms with Gasteiger partial charge in [0.05, 0.1) is 12.2 Å². The van der Waals surface area contributed by atoms with Gasteiger partial charge in [0.15, 0.2) is 0 Å². The number of ether oxygens (including phenoxy) is 1. The number of piperidine rings is 1. The Morgan fingerprint density at radius 1 is 1.12 bits per heavy atom. The molecule has 0 aliphatic carbocycles. The van der Waals surface area contributed by atoms with Crippen LogP contribution in [0.4, 0.5) is 13.2 Å². The lowest BCUT2D eigenvalue weighted by atomic mass is 9.98. The van der Waals surface area contributed by atoms with Crippen LogP contribution in [0.2, 0.25) is 0 Å². The van der Waals surface area contributed by atoms with Gasteiger partial charge < -0.3 is 9.64 Å². The fourth-order valence-electron chi connectivity index (χ4n) is 3.21. The fraction of sp³-hybridized carbons (Fsp3) is 0.684. The summed E-state index contributed by atoms with van der Waals surface area (Å²) in [5.74, 6) is 0.869. The summed E-state index contributed by atoms with van der Waals surface area (Å²) >= 11 is 0. The third kappa shape index (κ3) is 6.34. The van der Waals surface area contributed by atoms with Crippen LogP contribution >= 0.6 is 0 Å². The van der Waals surface area contributed by atoms with Gasteiger partial charge in [-0.1, -0.05) is 25.8 Å². The Hall–Kier alpha value is -1.23. The van der Waals surface area contributed by atoms with Gasteiger partial charge in [-0.05, 0) is 69.4 Å². The lowest BCUT2D eigenvalue weighted by Gasteiger charge is -2.28. The zero-order valence-corrected chi connectivity index (χ0v) is 14.4. The molecule has 2 rings (SSSR count). The van der Waals surface area contributed by atoms with Gasteiger partial charge in [0.2, 0.25) is 0 Å². The Bertz CT molecular complexity index is 484. The first kappa shape index (κ1) is 19.1. The highest BCUT2D eigenvalue weighted by Gasteiger charge is 2.30. The second-order valence-corrected chi connectivity index (χ2v) is 6.63. The molecular formula is C19H28F3NO. The highest BCUT2D eigenvalue weighted by Crippen LogP contribution is 2.31. The molecule has 0 amide bonds. The van der Waals surface area contributed by atoms with Crippen molar-refractivity contribution >= 4 is 0 Å². The summed E-state index contributed by atoms with van der Waals surface area (Å²) in [6.07, 6.45) is 2.74. The second-order valence-electron chi connectivity index (χ2n) is 6.63. The van der Waals surface area contributed by atoms with Gasteiger partial charge in [-0.2, -0.15) is 13.2 Å². The van der Waals surface area contributed by atoms with Crippen LogP contribution in [0.3, 0.4) is 0 Å². The van der Waals surface area contributed by atoms with Crippen molar-refractivity contribution in [3.63, 3.8) is 0 Å². The van der Waals surface area contributed by atoms with Crippen LogP contribution in [0.5, 0.6) is 5.75 Å². The lowest BCUT2D eigenvalue weighted by molar-refractivity contribution is -0.137. The summed E-state index contributed by atoms with van der Waals surface area (Å²) in [5, 5.41) is 0. The van der Waals surface area contributed by atoms with Gasteiger partial charge in [0, 0.05) is 0 Å². The summed E-state index contributed by atoms with van der Waals surface area (Å²) in [7, 11) is 0. The molecular weight excluding hydrogens is 315 g/mol. The average Bonchev–Trinajstić information content (AvgIpc) is 2.58. The molecule has 1 unspecified atom stereocenters. The van der Waals surface area contributed by atoms with Crippen molar-refractivity contribution in [3.8, 4) is 5.75 Å². The van der Waals surface area contributed by atoms with Crippen molar-refractivity contribution in [1.29, 1.82) is 0 Å². The van der Waals surface area contributed by atoms with E-state index in [1.165, 1.54) is 38.4 Å². The topological polar surface area (TPSA) is 12.5 Å². The molecule has 0 bridgehead atoms. The first-order valence-electron chi connectivity index (χ1n) is 9.01. The molecule has 1 heterocycles. The van der Waals surface area contributed by atoms with E-state index >= 15 is 0 Å². The number of hydrogen-bond acceptors (Lipinski definition) is 2. The van der Waals surface area contributed by atoms with Crippen LogP contribution in [0.1, 0.15) is 51.0 Å². The van der Waals surface area contributed by atoms with E-state index < -0.39 is 11.7 Å². The van der Waals surface area contributed by atoms with Gasteiger partial charge in [0.25, 0.3) is 0 Å². The fourth-order valence-corrected chi connectivity index (χ4v) is 3.21. The van der Waals surface area contributed by atoms with Crippen molar-refractivity contribution in [2.45, 2.75) is 51.6 Å². The van der Waals surface area contributed by atoms with E-state index in [0.29, 0.717) is 18.3 Å². The molecule has 0 N–H and O–H groups in total. The molecule has 1 fully saturated rings. The normalized spacial score (nSPS) is 17.7. The molecule has 1 aliphatic heterocycles. The third-order valence-corrected chi connectivity index (χ3v) is 4.84. The van der Waals surface area contributed by atoms with E-state index in [9.17, 15) is 13.2 Å². The average molecular weight is 343 g/mol. The Balaban J connectivity index is 1.73. The number of halogens is 3. The van der Waals surface area contributed by atoms with Gasteiger partial charge in [-0.15, -0.1) is 0 Å². The monoisotopic (exact) mass is 343 g/mol. The van der Waals surface area contributed by atoms with E-state index in [2.05, 4.69) is 11.8 Å². The van der Waals surface area contributed by atoms with E-state index in [0.717, 1.165) is 37.9 Å². The molecule has 24 heavy (non-hydrogen) atoms. The molecule has 136 valence electrons.